The number of carbonyl (C=O) groups is 2. The minimum Gasteiger partial charge on any atom is -0.454 e. The standard InChI is InChI=1S/C21H19N3O5/c25-19(22-8-7-13-5-6-17-18(9-13)29-12-28-17)11-24-21(27)15-10-23-16-4-2-1-3-14(16)20(15)26/h1-6,9-10H,7-8,11-12H2,(H,22,25)(H,23,26)(H,24,27). The largest absolute Gasteiger partial charge is 0.454 e. The summed E-state index contributed by atoms with van der Waals surface area (Å²) in [7, 11) is 0. The van der Waals surface area contributed by atoms with Crippen LogP contribution in [0.15, 0.2) is 53.5 Å². The van der Waals surface area contributed by atoms with Gasteiger partial charge in [-0.05, 0) is 36.2 Å². The molecule has 0 atom stereocenters. The summed E-state index contributed by atoms with van der Waals surface area (Å²) < 4.78 is 10.6. The van der Waals surface area contributed by atoms with Crippen LogP contribution in [0.1, 0.15) is 15.9 Å². The van der Waals surface area contributed by atoms with Gasteiger partial charge >= 0.3 is 0 Å². The highest BCUT2D eigenvalue weighted by Crippen LogP contribution is 2.32. The van der Waals surface area contributed by atoms with Crippen LogP contribution in [0.25, 0.3) is 10.9 Å². The second-order valence-corrected chi connectivity index (χ2v) is 6.55. The van der Waals surface area contributed by atoms with Crippen LogP contribution >= 0.6 is 0 Å². The van der Waals surface area contributed by atoms with Crippen LogP contribution in [0, 0.1) is 0 Å². The maximum atomic E-state index is 12.4. The molecule has 3 aromatic rings. The van der Waals surface area contributed by atoms with Crippen molar-refractivity contribution in [1.29, 1.82) is 0 Å². The summed E-state index contributed by atoms with van der Waals surface area (Å²) in [6, 6.07) is 12.6. The smallest absolute Gasteiger partial charge is 0.257 e. The topological polar surface area (TPSA) is 110 Å². The van der Waals surface area contributed by atoms with Crippen molar-refractivity contribution in [2.24, 2.45) is 0 Å². The molecular formula is C21H19N3O5. The maximum Gasteiger partial charge on any atom is 0.257 e. The van der Waals surface area contributed by atoms with Gasteiger partial charge in [-0.15, -0.1) is 0 Å². The highest BCUT2D eigenvalue weighted by Gasteiger charge is 2.15. The number of hydrogen-bond donors (Lipinski definition) is 3. The van der Waals surface area contributed by atoms with E-state index in [-0.39, 0.29) is 30.2 Å². The van der Waals surface area contributed by atoms with Crippen molar-refractivity contribution < 1.29 is 19.1 Å². The number of rotatable bonds is 6. The highest BCUT2D eigenvalue weighted by molar-refractivity contribution is 5.98. The van der Waals surface area contributed by atoms with E-state index in [4.69, 9.17) is 9.47 Å². The number of H-pyrrole nitrogens is 1. The first-order valence-electron chi connectivity index (χ1n) is 9.15. The predicted molar refractivity (Wildman–Crippen MR) is 106 cm³/mol. The quantitative estimate of drug-likeness (QED) is 0.586. The Kier molecular flexibility index (Phi) is 5.15. The first-order chi connectivity index (χ1) is 14.1. The molecule has 8 nitrogen and oxygen atoms in total. The summed E-state index contributed by atoms with van der Waals surface area (Å²) in [5.74, 6) is 0.477. The molecule has 2 amide bonds. The first kappa shape index (κ1) is 18.5. The zero-order chi connectivity index (χ0) is 20.2. The molecule has 148 valence electrons. The monoisotopic (exact) mass is 393 g/mol. The molecule has 0 spiro atoms. The Labute approximate surface area is 165 Å². The number of aromatic amines is 1. The van der Waals surface area contributed by atoms with E-state index in [1.807, 2.05) is 18.2 Å². The molecule has 0 saturated carbocycles. The summed E-state index contributed by atoms with van der Waals surface area (Å²) in [5.41, 5.74) is 1.24. The lowest BCUT2D eigenvalue weighted by Gasteiger charge is -2.08. The Morgan fingerprint density at radius 2 is 1.86 bits per heavy atom. The van der Waals surface area contributed by atoms with Crippen LogP contribution in [0.5, 0.6) is 11.5 Å². The Hall–Kier alpha value is -3.81. The number of para-hydroxylation sites is 1. The molecule has 1 aliphatic rings. The molecule has 0 unspecified atom stereocenters. The van der Waals surface area contributed by atoms with Gasteiger partial charge in [-0.3, -0.25) is 14.4 Å². The van der Waals surface area contributed by atoms with Gasteiger partial charge in [0.1, 0.15) is 5.56 Å². The zero-order valence-corrected chi connectivity index (χ0v) is 15.5. The van der Waals surface area contributed by atoms with E-state index in [0.717, 1.165) is 5.56 Å². The van der Waals surface area contributed by atoms with Crippen LogP contribution in [0.3, 0.4) is 0 Å². The van der Waals surface area contributed by atoms with E-state index >= 15 is 0 Å². The van der Waals surface area contributed by atoms with E-state index < -0.39 is 5.91 Å². The number of amides is 2. The van der Waals surface area contributed by atoms with Gasteiger partial charge in [0.15, 0.2) is 11.5 Å². The number of nitrogens with one attached hydrogen (secondary N) is 3. The van der Waals surface area contributed by atoms with Gasteiger partial charge in [0, 0.05) is 23.6 Å². The molecule has 29 heavy (non-hydrogen) atoms. The van der Waals surface area contributed by atoms with Gasteiger partial charge in [0.25, 0.3) is 5.91 Å². The number of aromatic nitrogens is 1. The first-order valence-corrected chi connectivity index (χ1v) is 9.15. The molecule has 0 aliphatic carbocycles. The Morgan fingerprint density at radius 3 is 2.76 bits per heavy atom. The minimum absolute atomic E-state index is 0.0307. The lowest BCUT2D eigenvalue weighted by molar-refractivity contribution is -0.120. The van der Waals surface area contributed by atoms with Crippen molar-refractivity contribution in [3.8, 4) is 11.5 Å². The number of ether oxygens (including phenoxy) is 2. The summed E-state index contributed by atoms with van der Waals surface area (Å²) in [6.45, 7) is 0.409. The van der Waals surface area contributed by atoms with E-state index in [1.54, 1.807) is 24.3 Å². The minimum atomic E-state index is -0.595. The van der Waals surface area contributed by atoms with Gasteiger partial charge in [-0.1, -0.05) is 18.2 Å². The molecule has 1 aliphatic heterocycles. The molecular weight excluding hydrogens is 374 g/mol. The van der Waals surface area contributed by atoms with Gasteiger partial charge in [0.05, 0.1) is 6.54 Å². The number of fused-ring (bicyclic) bond motifs is 2. The summed E-state index contributed by atoms with van der Waals surface area (Å²) in [4.78, 5) is 39.6. The predicted octanol–water partition coefficient (Wildman–Crippen LogP) is 1.35. The fourth-order valence-electron chi connectivity index (χ4n) is 3.10. The molecule has 0 radical (unpaired) electrons. The average molecular weight is 393 g/mol. The van der Waals surface area contributed by atoms with E-state index in [2.05, 4.69) is 15.6 Å². The number of carbonyl (C=O) groups excluding carboxylic acids is 2. The van der Waals surface area contributed by atoms with Crippen molar-refractivity contribution in [3.05, 3.63) is 70.0 Å². The highest BCUT2D eigenvalue weighted by atomic mass is 16.7. The third-order valence-corrected chi connectivity index (χ3v) is 4.62. The molecule has 2 aromatic carbocycles. The van der Waals surface area contributed by atoms with E-state index in [0.29, 0.717) is 35.4 Å². The zero-order valence-electron chi connectivity index (χ0n) is 15.5. The molecule has 8 heteroatoms. The van der Waals surface area contributed by atoms with Crippen LogP contribution in [-0.4, -0.2) is 36.7 Å². The summed E-state index contributed by atoms with van der Waals surface area (Å²) in [5, 5.41) is 5.64. The molecule has 0 saturated heterocycles. The van der Waals surface area contributed by atoms with Crippen molar-refractivity contribution >= 4 is 22.7 Å². The van der Waals surface area contributed by atoms with Crippen molar-refractivity contribution in [2.75, 3.05) is 19.9 Å². The van der Waals surface area contributed by atoms with E-state index in [9.17, 15) is 14.4 Å². The fraction of sp³-hybridized carbons (Fsp3) is 0.190. The molecule has 1 aromatic heterocycles. The second kappa shape index (κ2) is 8.05. The Morgan fingerprint density at radius 1 is 1.03 bits per heavy atom. The fourth-order valence-corrected chi connectivity index (χ4v) is 3.10. The van der Waals surface area contributed by atoms with E-state index in [1.165, 1.54) is 6.20 Å². The van der Waals surface area contributed by atoms with Crippen LogP contribution in [-0.2, 0) is 11.2 Å². The normalized spacial score (nSPS) is 12.0. The summed E-state index contributed by atoms with van der Waals surface area (Å²) in [6.07, 6.45) is 1.97. The third-order valence-electron chi connectivity index (χ3n) is 4.62. The number of pyridine rings is 1. The van der Waals surface area contributed by atoms with Crippen LogP contribution in [0.2, 0.25) is 0 Å². The maximum absolute atomic E-state index is 12.4. The molecule has 4 rings (SSSR count). The number of benzene rings is 2. The summed E-state index contributed by atoms with van der Waals surface area (Å²) >= 11 is 0. The molecule has 2 heterocycles. The van der Waals surface area contributed by atoms with Crippen molar-refractivity contribution in [1.82, 2.24) is 15.6 Å². The SMILES string of the molecule is O=C(CNC(=O)c1c[nH]c2ccccc2c1=O)NCCc1ccc2c(c1)OCO2. The Balaban J connectivity index is 1.28. The lowest BCUT2D eigenvalue weighted by Crippen LogP contribution is -2.39. The van der Waals surface area contributed by atoms with Gasteiger partial charge < -0.3 is 25.1 Å². The number of hydrogen-bond acceptors (Lipinski definition) is 5. The van der Waals surface area contributed by atoms with Gasteiger partial charge in [0.2, 0.25) is 18.1 Å². The average Bonchev–Trinajstić information content (AvgIpc) is 3.20. The van der Waals surface area contributed by atoms with Crippen molar-refractivity contribution in [2.45, 2.75) is 6.42 Å². The second-order valence-electron chi connectivity index (χ2n) is 6.55. The van der Waals surface area contributed by atoms with Gasteiger partial charge in [-0.2, -0.15) is 0 Å². The Bertz CT molecular complexity index is 1140. The van der Waals surface area contributed by atoms with Crippen LogP contribution in [0.4, 0.5) is 0 Å². The lowest BCUT2D eigenvalue weighted by atomic mass is 10.1. The third kappa shape index (κ3) is 4.06. The van der Waals surface area contributed by atoms with Gasteiger partial charge in [-0.25, -0.2) is 0 Å². The van der Waals surface area contributed by atoms with Crippen LogP contribution < -0.4 is 25.5 Å². The molecule has 0 bridgehead atoms. The molecule has 3 N–H and O–H groups in total. The molecule has 0 fully saturated rings. The van der Waals surface area contributed by atoms with Crippen molar-refractivity contribution in [3.63, 3.8) is 0 Å².